The smallest absolute Gasteiger partial charge is 0.157 e. The molecule has 0 spiro atoms. The van der Waals surface area contributed by atoms with Crippen molar-refractivity contribution in [3.63, 3.8) is 0 Å². The monoisotopic (exact) mass is 248 g/mol. The van der Waals surface area contributed by atoms with Crippen LogP contribution in [0.15, 0.2) is 24.3 Å². The van der Waals surface area contributed by atoms with Crippen molar-refractivity contribution < 1.29 is 33.8 Å². The third-order valence-corrected chi connectivity index (χ3v) is 2.25. The second-order valence-corrected chi connectivity index (χ2v) is 4.29. The van der Waals surface area contributed by atoms with Crippen LogP contribution in [0.5, 0.6) is 0 Å². The number of fused-ring (bicyclic) bond motifs is 1. The number of nitrogens with one attached hydrogen (secondary N) is 1. The minimum atomic E-state index is -4.94. The molecule has 1 aliphatic heterocycles. The van der Waals surface area contributed by atoms with E-state index in [4.69, 9.17) is 18.6 Å². The van der Waals surface area contributed by atoms with Gasteiger partial charge in [0.2, 0.25) is 0 Å². The first kappa shape index (κ1) is 13.2. The average molecular weight is 249 g/mol. The van der Waals surface area contributed by atoms with E-state index < -0.39 is 10.2 Å². The maximum Gasteiger partial charge on any atom is 0.157 e. The lowest BCUT2D eigenvalue weighted by molar-refractivity contribution is -2.00. The summed E-state index contributed by atoms with van der Waals surface area (Å²) in [4.78, 5) is 3.76. The zero-order chi connectivity index (χ0) is 12.3. The van der Waals surface area contributed by atoms with Crippen LogP contribution in [0.1, 0.15) is 0 Å². The summed E-state index contributed by atoms with van der Waals surface area (Å²) in [6.45, 7) is 1.08. The zero-order valence-electron chi connectivity index (χ0n) is 8.97. The van der Waals surface area contributed by atoms with Crippen molar-refractivity contribution in [2.75, 3.05) is 25.7 Å². The van der Waals surface area contributed by atoms with E-state index in [9.17, 15) is 0 Å². The van der Waals surface area contributed by atoms with Gasteiger partial charge >= 0.3 is 0 Å². The standard InChI is InChI=1S/C9H12N2.ClHO4/c1-10-7-11(2)9-6-4-3-5-8(9)10;2-1(3,4)5/h3-6H,7H2,1-2H3;(H,2,3,4,5). The highest BCUT2D eigenvalue weighted by Gasteiger charge is 2.23. The lowest BCUT2D eigenvalue weighted by Gasteiger charge is -2.17. The molecule has 1 aliphatic rings. The van der Waals surface area contributed by atoms with E-state index in [1.54, 1.807) is 0 Å². The first-order valence-corrected chi connectivity index (χ1v) is 5.77. The number of rotatable bonds is 0. The van der Waals surface area contributed by atoms with Gasteiger partial charge in [0.1, 0.15) is 5.69 Å². The van der Waals surface area contributed by atoms with E-state index in [1.165, 1.54) is 16.3 Å². The van der Waals surface area contributed by atoms with Crippen molar-refractivity contribution >= 4 is 11.4 Å². The number of hydrogen-bond acceptors (Lipinski definition) is 5. The molecule has 7 heteroatoms. The van der Waals surface area contributed by atoms with E-state index >= 15 is 0 Å². The molecule has 6 nitrogen and oxygen atoms in total. The van der Waals surface area contributed by atoms with E-state index in [2.05, 4.69) is 43.3 Å². The van der Waals surface area contributed by atoms with Crippen LogP contribution in [0.4, 0.5) is 11.4 Å². The van der Waals surface area contributed by atoms with Gasteiger partial charge in [-0.1, -0.05) is 12.1 Å². The van der Waals surface area contributed by atoms with Gasteiger partial charge in [-0.15, -0.1) is 10.2 Å². The summed E-state index contributed by atoms with van der Waals surface area (Å²) in [6.07, 6.45) is 0. The Morgan fingerprint density at radius 1 is 1.19 bits per heavy atom. The number of quaternary nitrogens is 1. The molecule has 1 N–H and O–H groups in total. The summed E-state index contributed by atoms with van der Waals surface area (Å²) in [5.74, 6) is 0. The van der Waals surface area contributed by atoms with E-state index in [-0.39, 0.29) is 0 Å². The molecule has 0 saturated carbocycles. The van der Waals surface area contributed by atoms with Crippen LogP contribution in [0.3, 0.4) is 0 Å². The Morgan fingerprint density at radius 2 is 1.69 bits per heavy atom. The van der Waals surface area contributed by atoms with Crippen molar-refractivity contribution in [1.82, 2.24) is 0 Å². The van der Waals surface area contributed by atoms with E-state index in [0.717, 1.165) is 6.67 Å². The van der Waals surface area contributed by atoms with Gasteiger partial charge in [0, 0.05) is 13.1 Å². The van der Waals surface area contributed by atoms with Crippen molar-refractivity contribution in [3.05, 3.63) is 24.3 Å². The summed E-state index contributed by atoms with van der Waals surface area (Å²) in [5.41, 5.74) is 2.78. The summed E-state index contributed by atoms with van der Waals surface area (Å²) in [5, 5.41) is 0. The number of para-hydroxylation sites is 2. The number of halogens is 1. The third-order valence-electron chi connectivity index (χ3n) is 2.25. The van der Waals surface area contributed by atoms with Crippen LogP contribution in [-0.4, -0.2) is 20.8 Å². The Bertz CT molecular complexity index is 323. The summed E-state index contributed by atoms with van der Waals surface area (Å²) in [6, 6.07) is 8.55. The van der Waals surface area contributed by atoms with E-state index in [0.29, 0.717) is 0 Å². The number of hydrogen-bond donors (Lipinski definition) is 1. The molecule has 1 aromatic rings. The molecule has 1 aromatic carbocycles. The van der Waals surface area contributed by atoms with Gasteiger partial charge in [-0.25, -0.2) is 18.6 Å². The van der Waals surface area contributed by atoms with Gasteiger partial charge in [-0.3, -0.25) is 4.90 Å². The second kappa shape index (κ2) is 4.96. The van der Waals surface area contributed by atoms with Gasteiger partial charge < -0.3 is 4.90 Å². The molecule has 16 heavy (non-hydrogen) atoms. The molecule has 0 amide bonds. The predicted molar refractivity (Wildman–Crippen MR) is 46.3 cm³/mol. The second-order valence-electron chi connectivity index (χ2n) is 3.53. The van der Waals surface area contributed by atoms with Crippen molar-refractivity contribution in [2.45, 2.75) is 0 Å². The fraction of sp³-hybridized carbons (Fsp3) is 0.333. The molecule has 0 fully saturated rings. The molecule has 0 bridgehead atoms. The van der Waals surface area contributed by atoms with Gasteiger partial charge in [-0.05, 0) is 6.07 Å². The third kappa shape index (κ3) is 3.93. The highest BCUT2D eigenvalue weighted by atomic mass is 35.7. The molecule has 1 atom stereocenters. The minimum Gasteiger partial charge on any atom is -0.323 e. The molecule has 0 aromatic heterocycles. The highest BCUT2D eigenvalue weighted by molar-refractivity contribution is 5.64. The van der Waals surface area contributed by atoms with Crippen molar-refractivity contribution in [1.29, 1.82) is 0 Å². The molecule has 0 radical (unpaired) electrons. The van der Waals surface area contributed by atoms with Crippen molar-refractivity contribution in [2.24, 2.45) is 0 Å². The van der Waals surface area contributed by atoms with Crippen LogP contribution >= 0.6 is 0 Å². The largest absolute Gasteiger partial charge is 0.323 e. The Hall–Kier alpha value is -0.890. The lowest BCUT2D eigenvalue weighted by atomic mass is 10.3. The Morgan fingerprint density at radius 3 is 2.19 bits per heavy atom. The van der Waals surface area contributed by atoms with Crippen LogP contribution in [0.2, 0.25) is 0 Å². The average Bonchev–Trinajstić information content (AvgIpc) is 2.41. The summed E-state index contributed by atoms with van der Waals surface area (Å²) < 4.78 is 34.0. The highest BCUT2D eigenvalue weighted by Crippen LogP contribution is 2.23. The number of benzene rings is 1. The maximum atomic E-state index is 8.49. The fourth-order valence-electron chi connectivity index (χ4n) is 1.69. The molecule has 2 rings (SSSR count). The molecular weight excluding hydrogens is 236 g/mol. The van der Waals surface area contributed by atoms with Gasteiger partial charge in [0.25, 0.3) is 0 Å². The van der Waals surface area contributed by atoms with Gasteiger partial charge in [-0.2, -0.15) is 0 Å². The van der Waals surface area contributed by atoms with Crippen molar-refractivity contribution in [3.8, 4) is 0 Å². The lowest BCUT2D eigenvalue weighted by Crippen LogP contribution is -3.03. The topological polar surface area (TPSA) is 99.9 Å². The fourth-order valence-corrected chi connectivity index (χ4v) is 1.69. The maximum absolute atomic E-state index is 8.49. The Balaban J connectivity index is 0.000000221. The molecule has 0 saturated heterocycles. The SMILES string of the molecule is CN1C[NH+](C)c2ccccc21.[O-][Cl+3]([O-])([O-])[O-]. The molecule has 90 valence electrons. The zero-order valence-corrected chi connectivity index (χ0v) is 9.73. The summed E-state index contributed by atoms with van der Waals surface area (Å²) >= 11 is 0. The quantitative estimate of drug-likeness (QED) is 0.499. The normalized spacial score (nSPS) is 18.9. The molecule has 1 unspecified atom stereocenters. The van der Waals surface area contributed by atoms with E-state index in [1.807, 2.05) is 0 Å². The van der Waals surface area contributed by atoms with Gasteiger partial charge in [0.15, 0.2) is 12.4 Å². The van der Waals surface area contributed by atoms with Crippen LogP contribution in [0.25, 0.3) is 0 Å². The minimum absolute atomic E-state index is 1.08. The first-order chi connectivity index (χ1) is 7.29. The molecule has 0 aliphatic carbocycles. The molecule has 1 heterocycles. The van der Waals surface area contributed by atoms with Crippen LogP contribution < -0.4 is 28.4 Å². The predicted octanol–water partition coefficient (Wildman–Crippen LogP) is -4.52. The van der Waals surface area contributed by atoms with Gasteiger partial charge in [0.05, 0.1) is 7.05 Å². The molecular formula is C9H13ClN2O4. The Labute approximate surface area is 95.7 Å². The number of anilines is 1. The Kier molecular flexibility index (Phi) is 4.09. The summed E-state index contributed by atoms with van der Waals surface area (Å²) in [7, 11) is -0.613. The van der Waals surface area contributed by atoms with Crippen LogP contribution in [-0.2, 0) is 0 Å². The van der Waals surface area contributed by atoms with Crippen LogP contribution in [0, 0.1) is 10.2 Å². The first-order valence-electron chi connectivity index (χ1n) is 4.54. The number of nitrogens with zero attached hydrogens (tertiary/aromatic N) is 1.